The zero-order valence-electron chi connectivity index (χ0n) is 7.03. The zero-order chi connectivity index (χ0) is 7.40. The van der Waals surface area contributed by atoms with Gasteiger partial charge in [-0.25, -0.2) is 0 Å². The van der Waals surface area contributed by atoms with Gasteiger partial charge in [0.2, 0.25) is 0 Å². The Morgan fingerprint density at radius 1 is 1.10 bits per heavy atom. The molecule has 1 aliphatic carbocycles. The summed E-state index contributed by atoms with van der Waals surface area (Å²) < 4.78 is 0. The maximum Gasteiger partial charge on any atom is -0.0209 e. The molecule has 0 unspecified atom stereocenters. The van der Waals surface area contributed by atoms with Gasteiger partial charge in [0.05, 0.1) is 0 Å². The first-order valence-corrected chi connectivity index (χ1v) is 4.46. The van der Waals surface area contributed by atoms with Crippen molar-refractivity contribution >= 4 is 0 Å². The second-order valence-corrected chi connectivity index (χ2v) is 3.53. The van der Waals surface area contributed by atoms with Gasteiger partial charge in [0, 0.05) is 0 Å². The number of hydrogen-bond acceptors (Lipinski definition) is 0. The van der Waals surface area contributed by atoms with E-state index >= 15 is 0 Å². The Bertz CT molecular complexity index is 105. The first kappa shape index (κ1) is 7.84. The fourth-order valence-electron chi connectivity index (χ4n) is 1.77. The van der Waals surface area contributed by atoms with Crippen molar-refractivity contribution in [3.05, 3.63) is 12.2 Å². The Hall–Kier alpha value is -0.260. The van der Waals surface area contributed by atoms with E-state index in [2.05, 4.69) is 13.5 Å². The highest BCUT2D eigenvalue weighted by Gasteiger charge is 2.11. The van der Waals surface area contributed by atoms with Gasteiger partial charge in [-0.15, -0.1) is 0 Å². The third-order valence-electron chi connectivity index (χ3n) is 2.55. The molecule has 0 saturated heterocycles. The van der Waals surface area contributed by atoms with Crippen LogP contribution >= 0.6 is 0 Å². The van der Waals surface area contributed by atoms with Gasteiger partial charge in [-0.1, -0.05) is 37.8 Å². The van der Waals surface area contributed by atoms with E-state index in [9.17, 15) is 0 Å². The monoisotopic (exact) mass is 138 g/mol. The minimum atomic E-state index is 0.850. The summed E-state index contributed by atoms with van der Waals surface area (Å²) in [6.07, 6.45) is 8.55. The first-order chi connectivity index (χ1) is 4.80. The van der Waals surface area contributed by atoms with Crippen molar-refractivity contribution in [2.24, 2.45) is 5.92 Å². The quantitative estimate of drug-likeness (QED) is 0.384. The van der Waals surface area contributed by atoms with Crippen molar-refractivity contribution in [3.63, 3.8) is 0 Å². The van der Waals surface area contributed by atoms with Crippen LogP contribution < -0.4 is 0 Å². The first-order valence-electron chi connectivity index (χ1n) is 4.46. The number of hydrogen-bond donors (Lipinski definition) is 0. The summed E-state index contributed by atoms with van der Waals surface area (Å²) in [6.45, 7) is 6.20. The van der Waals surface area contributed by atoms with Crippen LogP contribution in [0.1, 0.15) is 45.4 Å². The van der Waals surface area contributed by atoms with Crippen LogP contribution in [-0.2, 0) is 0 Å². The molecule has 1 saturated carbocycles. The highest BCUT2D eigenvalue weighted by molar-refractivity contribution is 4.96. The Morgan fingerprint density at radius 2 is 1.60 bits per heavy atom. The molecule has 0 aromatic rings. The molecule has 0 nitrogen and oxygen atoms in total. The molecule has 0 atom stereocenters. The predicted octanol–water partition coefficient (Wildman–Crippen LogP) is 3.53. The van der Waals surface area contributed by atoms with E-state index in [1.54, 1.807) is 0 Å². The molecule has 1 rings (SSSR count). The fourth-order valence-corrected chi connectivity index (χ4v) is 1.77. The maximum absolute atomic E-state index is 4.02. The SMILES string of the molecule is C=C(C)C1CCCCCC1. The highest BCUT2D eigenvalue weighted by Crippen LogP contribution is 2.27. The average molecular weight is 138 g/mol. The molecule has 0 bridgehead atoms. The van der Waals surface area contributed by atoms with Gasteiger partial charge >= 0.3 is 0 Å². The van der Waals surface area contributed by atoms with Crippen LogP contribution in [-0.4, -0.2) is 0 Å². The molecule has 1 fully saturated rings. The third-order valence-corrected chi connectivity index (χ3v) is 2.55. The largest absolute Gasteiger partial charge is 0.0999 e. The molecule has 0 aromatic carbocycles. The Balaban J connectivity index is 2.35. The van der Waals surface area contributed by atoms with Gasteiger partial charge in [0.25, 0.3) is 0 Å². The van der Waals surface area contributed by atoms with Crippen molar-refractivity contribution in [2.45, 2.75) is 45.4 Å². The van der Waals surface area contributed by atoms with Gasteiger partial charge < -0.3 is 0 Å². The molecule has 0 N–H and O–H groups in total. The van der Waals surface area contributed by atoms with Crippen LogP contribution in [0.15, 0.2) is 12.2 Å². The number of rotatable bonds is 1. The molecule has 58 valence electrons. The Kier molecular flexibility index (Phi) is 2.98. The molecule has 0 aliphatic heterocycles. The van der Waals surface area contributed by atoms with E-state index in [-0.39, 0.29) is 0 Å². The summed E-state index contributed by atoms with van der Waals surface area (Å²) >= 11 is 0. The lowest BCUT2D eigenvalue weighted by Gasteiger charge is -2.12. The third kappa shape index (κ3) is 2.17. The van der Waals surface area contributed by atoms with E-state index < -0.39 is 0 Å². The lowest BCUT2D eigenvalue weighted by atomic mass is 9.94. The maximum atomic E-state index is 4.02. The van der Waals surface area contributed by atoms with Crippen LogP contribution in [0.2, 0.25) is 0 Å². The van der Waals surface area contributed by atoms with Crippen molar-refractivity contribution in [3.8, 4) is 0 Å². The van der Waals surface area contributed by atoms with Gasteiger partial charge in [0.15, 0.2) is 0 Å². The van der Waals surface area contributed by atoms with Crippen molar-refractivity contribution < 1.29 is 0 Å². The minimum Gasteiger partial charge on any atom is -0.0999 e. The molecule has 0 heteroatoms. The molecule has 0 aromatic heterocycles. The molecule has 0 amide bonds. The average Bonchev–Trinajstić information content (AvgIpc) is 2.12. The molecule has 1 aliphatic rings. The van der Waals surface area contributed by atoms with Gasteiger partial charge in [-0.2, -0.15) is 0 Å². The van der Waals surface area contributed by atoms with E-state index in [0.717, 1.165) is 5.92 Å². The zero-order valence-corrected chi connectivity index (χ0v) is 7.03. The summed E-state index contributed by atoms with van der Waals surface area (Å²) in [6, 6.07) is 0. The van der Waals surface area contributed by atoms with Gasteiger partial charge in [-0.3, -0.25) is 0 Å². The van der Waals surface area contributed by atoms with Gasteiger partial charge in [-0.05, 0) is 25.7 Å². The standard InChI is InChI=1S/C10H18/c1-9(2)10-7-5-3-4-6-8-10/h10H,1,3-8H2,2H3. The van der Waals surface area contributed by atoms with Crippen LogP contribution in [0, 0.1) is 5.92 Å². The Morgan fingerprint density at radius 3 is 2.00 bits per heavy atom. The summed E-state index contributed by atoms with van der Waals surface area (Å²) in [4.78, 5) is 0. The number of allylic oxidation sites excluding steroid dienone is 1. The molecule has 0 radical (unpaired) electrons. The van der Waals surface area contributed by atoms with Crippen LogP contribution in [0.3, 0.4) is 0 Å². The van der Waals surface area contributed by atoms with Crippen molar-refractivity contribution in [1.29, 1.82) is 0 Å². The second kappa shape index (κ2) is 3.80. The molecule has 0 heterocycles. The highest BCUT2D eigenvalue weighted by atomic mass is 14.2. The molecule has 10 heavy (non-hydrogen) atoms. The molecular formula is C10H18. The van der Waals surface area contributed by atoms with E-state index in [4.69, 9.17) is 0 Å². The van der Waals surface area contributed by atoms with E-state index in [1.165, 1.54) is 44.1 Å². The topological polar surface area (TPSA) is 0 Å². The summed E-state index contributed by atoms with van der Waals surface area (Å²) in [5, 5.41) is 0. The summed E-state index contributed by atoms with van der Waals surface area (Å²) in [5.41, 5.74) is 1.40. The van der Waals surface area contributed by atoms with E-state index in [0.29, 0.717) is 0 Å². The molecule has 0 spiro atoms. The normalized spacial score (nSPS) is 22.1. The molecular weight excluding hydrogens is 120 g/mol. The minimum absolute atomic E-state index is 0.850. The summed E-state index contributed by atoms with van der Waals surface area (Å²) in [5.74, 6) is 0.850. The van der Waals surface area contributed by atoms with Gasteiger partial charge in [0.1, 0.15) is 0 Å². The van der Waals surface area contributed by atoms with Crippen LogP contribution in [0.25, 0.3) is 0 Å². The fraction of sp³-hybridized carbons (Fsp3) is 0.800. The van der Waals surface area contributed by atoms with Crippen LogP contribution in [0.4, 0.5) is 0 Å². The van der Waals surface area contributed by atoms with Crippen molar-refractivity contribution in [2.75, 3.05) is 0 Å². The van der Waals surface area contributed by atoms with E-state index in [1.807, 2.05) is 0 Å². The lowest BCUT2D eigenvalue weighted by Crippen LogP contribution is -1.98. The Labute approximate surface area is 64.3 Å². The summed E-state index contributed by atoms with van der Waals surface area (Å²) in [7, 11) is 0. The lowest BCUT2D eigenvalue weighted by molar-refractivity contribution is 0.532. The predicted molar refractivity (Wildman–Crippen MR) is 46.0 cm³/mol. The smallest absolute Gasteiger partial charge is 0.0209 e. The van der Waals surface area contributed by atoms with Crippen LogP contribution in [0.5, 0.6) is 0 Å². The van der Waals surface area contributed by atoms with Crippen molar-refractivity contribution in [1.82, 2.24) is 0 Å². The second-order valence-electron chi connectivity index (χ2n) is 3.53.